The number of nitrogens with two attached hydrogens (primary N) is 1. The quantitative estimate of drug-likeness (QED) is 0.0398. The van der Waals surface area contributed by atoms with Crippen molar-refractivity contribution in [2.45, 2.75) is 68.3 Å². The number of carboxylic acid groups (broad SMARTS) is 1. The van der Waals surface area contributed by atoms with Crippen LogP contribution in [0.4, 0.5) is 11.4 Å². The molecule has 10 N–H and O–H groups in total. The van der Waals surface area contributed by atoms with Crippen LogP contribution in [0.5, 0.6) is 0 Å². The molecule has 1 heterocycles. The molecule has 0 unspecified atom stereocenters. The first kappa shape index (κ1) is 35.1. The number of hydrogen-bond acceptors (Lipinski definition) is 14. The maximum Gasteiger partial charge on any atom is 0.364 e. The second-order valence-corrected chi connectivity index (χ2v) is 9.74. The number of carbonyl (C=O) groups is 2. The molecule has 2 rings (SSSR count). The van der Waals surface area contributed by atoms with Crippen LogP contribution in [0.15, 0.2) is 9.59 Å². The minimum absolute atomic E-state index is 0.101. The molecule has 6 atom stereocenters. The molecule has 42 heavy (non-hydrogen) atoms. The lowest BCUT2D eigenvalue weighted by Gasteiger charge is -2.46. The Balaban J connectivity index is 1.84. The van der Waals surface area contributed by atoms with Gasteiger partial charge in [0.1, 0.15) is 36.8 Å². The Morgan fingerprint density at radius 3 is 2.33 bits per heavy atom. The first-order valence-electron chi connectivity index (χ1n) is 13.5. The fraction of sp³-hybridized carbons (Fsp3) is 0.692. The zero-order chi connectivity index (χ0) is 31.3. The summed E-state index contributed by atoms with van der Waals surface area (Å²) in [7, 11) is 0. The first-order valence-corrected chi connectivity index (χ1v) is 13.5. The summed E-state index contributed by atoms with van der Waals surface area (Å²) in [5.74, 6) is -2.57. The molecule has 1 aliphatic rings. The van der Waals surface area contributed by atoms with E-state index in [0.29, 0.717) is 38.8 Å². The van der Waals surface area contributed by atoms with Crippen LogP contribution in [-0.2, 0) is 23.8 Å². The van der Waals surface area contributed by atoms with Gasteiger partial charge in [-0.15, -0.1) is 6.42 Å². The van der Waals surface area contributed by atoms with Crippen LogP contribution in [0.1, 0.15) is 32.1 Å². The Kier molecular flexibility index (Phi) is 14.3. The molecule has 1 saturated heterocycles. The molecule has 1 amide bonds. The summed E-state index contributed by atoms with van der Waals surface area (Å²) in [4.78, 5) is 47.5. The third-order valence-corrected chi connectivity index (χ3v) is 6.69. The van der Waals surface area contributed by atoms with Gasteiger partial charge >= 0.3 is 5.97 Å². The molecule has 0 aromatic heterocycles. The van der Waals surface area contributed by atoms with Crippen molar-refractivity contribution in [3.8, 4) is 12.3 Å². The van der Waals surface area contributed by atoms with Crippen LogP contribution >= 0.6 is 0 Å². The number of ether oxygens (including phenoxy) is 3. The zero-order valence-electron chi connectivity index (χ0n) is 23.1. The molecule has 0 saturated carbocycles. The summed E-state index contributed by atoms with van der Waals surface area (Å²) < 4.78 is 16.2. The van der Waals surface area contributed by atoms with Crippen LogP contribution in [-0.4, -0.2) is 120 Å². The van der Waals surface area contributed by atoms with Crippen molar-refractivity contribution < 1.29 is 49.3 Å². The average Bonchev–Trinajstić information content (AvgIpc) is 2.98. The molecule has 0 radical (unpaired) electrons. The summed E-state index contributed by atoms with van der Waals surface area (Å²) in [6, 6.07) is -1.37. The van der Waals surface area contributed by atoms with Crippen molar-refractivity contribution in [1.82, 2.24) is 5.32 Å². The number of carbonyl (C=O) groups excluding carboxylic acids is 1. The summed E-state index contributed by atoms with van der Waals surface area (Å²) >= 11 is 0. The highest BCUT2D eigenvalue weighted by molar-refractivity contribution is 5.78. The summed E-state index contributed by atoms with van der Waals surface area (Å²) in [5, 5.41) is 58.2. The molecular weight excluding hydrogens is 560 g/mol. The molecular formula is C26H40N4O12. The number of carboxylic acids is 1. The maximum absolute atomic E-state index is 12.2. The zero-order valence-corrected chi connectivity index (χ0v) is 23.1. The van der Waals surface area contributed by atoms with E-state index in [0.717, 1.165) is 0 Å². The number of anilines is 2. The van der Waals surface area contributed by atoms with Gasteiger partial charge in [0, 0.05) is 26.1 Å². The van der Waals surface area contributed by atoms with Crippen molar-refractivity contribution in [2.75, 3.05) is 56.7 Å². The SMILES string of the molecule is C#CCOCCNc1c(NCCCCCCO[C@]2(C(=O)O)C[C@H](O)[C@@H](NC(=O)CO)[C@H]([C@H](O)[C@H](O)CN)O2)c(=O)c1=O. The van der Waals surface area contributed by atoms with Crippen LogP contribution in [0.25, 0.3) is 0 Å². The molecule has 16 nitrogen and oxygen atoms in total. The molecule has 1 fully saturated rings. The summed E-state index contributed by atoms with van der Waals surface area (Å²) in [6.45, 7) is -0.322. The Bertz CT molecular complexity index is 1130. The minimum atomic E-state index is -2.39. The van der Waals surface area contributed by atoms with Crippen LogP contribution in [0.3, 0.4) is 0 Å². The van der Waals surface area contributed by atoms with Gasteiger partial charge in [0.25, 0.3) is 16.6 Å². The van der Waals surface area contributed by atoms with Gasteiger partial charge in [0.05, 0.1) is 31.5 Å². The standard InChI is InChI=1S/C26H40N4O12/c1-2-9-40-11-8-29-20-19(22(36)23(20)37)28-7-5-3-4-6-10-41-26(25(38)39)12-15(32)18(30-17(34)14-31)24(42-26)21(35)16(33)13-27/h1,15-16,18,21,24,28-29,31-33,35H,3-14,27H2,(H,30,34)(H,38,39)/t15-,16+,18+,21+,24+,26+/m0/s1. The second kappa shape index (κ2) is 17.1. The van der Waals surface area contributed by atoms with E-state index in [2.05, 4.69) is 21.9 Å². The predicted molar refractivity (Wildman–Crippen MR) is 148 cm³/mol. The lowest BCUT2D eigenvalue weighted by Crippen LogP contribution is -2.68. The van der Waals surface area contributed by atoms with Crippen molar-refractivity contribution in [3.63, 3.8) is 0 Å². The highest BCUT2D eigenvalue weighted by atomic mass is 16.7. The summed E-state index contributed by atoms with van der Waals surface area (Å²) in [6.07, 6.45) is 0.174. The molecule has 1 aromatic carbocycles. The average molecular weight is 601 g/mol. The minimum Gasteiger partial charge on any atom is -0.477 e. The fourth-order valence-corrected chi connectivity index (χ4v) is 4.44. The van der Waals surface area contributed by atoms with Gasteiger partial charge in [-0.2, -0.15) is 0 Å². The van der Waals surface area contributed by atoms with E-state index < -0.39 is 78.6 Å². The predicted octanol–water partition coefficient (Wildman–Crippen LogP) is -3.58. The molecule has 1 aliphatic heterocycles. The number of rotatable bonds is 20. The first-order chi connectivity index (χ1) is 20.0. The monoisotopic (exact) mass is 600 g/mol. The lowest BCUT2D eigenvalue weighted by atomic mass is 9.88. The number of unbranched alkanes of at least 4 members (excludes halogenated alkanes) is 3. The van der Waals surface area contributed by atoms with E-state index in [1.807, 2.05) is 0 Å². The Hall–Kier alpha value is -3.14. The molecule has 0 spiro atoms. The lowest BCUT2D eigenvalue weighted by molar-refractivity contribution is -0.310. The van der Waals surface area contributed by atoms with Crippen molar-refractivity contribution in [2.24, 2.45) is 5.73 Å². The van der Waals surface area contributed by atoms with Crippen molar-refractivity contribution in [1.29, 1.82) is 0 Å². The number of terminal acetylenes is 1. The van der Waals surface area contributed by atoms with Gasteiger partial charge < -0.3 is 61.4 Å². The van der Waals surface area contributed by atoms with Gasteiger partial charge in [-0.3, -0.25) is 14.4 Å². The molecule has 1 aromatic rings. The smallest absolute Gasteiger partial charge is 0.364 e. The number of aliphatic hydroxyl groups is 4. The van der Waals surface area contributed by atoms with E-state index in [9.17, 15) is 39.6 Å². The van der Waals surface area contributed by atoms with Gasteiger partial charge in [0.2, 0.25) is 5.91 Å². The Morgan fingerprint density at radius 2 is 1.74 bits per heavy atom. The molecule has 16 heteroatoms. The normalized spacial score (nSPS) is 23.6. The van der Waals surface area contributed by atoms with Crippen LogP contribution in [0, 0.1) is 12.3 Å². The third-order valence-electron chi connectivity index (χ3n) is 6.69. The van der Waals surface area contributed by atoms with Gasteiger partial charge in [0.15, 0.2) is 0 Å². The Labute approximate surface area is 241 Å². The highest BCUT2D eigenvalue weighted by Crippen LogP contribution is 2.33. The second-order valence-electron chi connectivity index (χ2n) is 9.74. The largest absolute Gasteiger partial charge is 0.477 e. The van der Waals surface area contributed by atoms with Gasteiger partial charge in [-0.05, 0) is 12.8 Å². The van der Waals surface area contributed by atoms with E-state index >= 15 is 0 Å². The number of hydrogen-bond donors (Lipinski definition) is 9. The maximum atomic E-state index is 12.2. The van der Waals surface area contributed by atoms with Crippen molar-refractivity contribution >= 4 is 23.3 Å². The molecule has 0 aliphatic carbocycles. The highest BCUT2D eigenvalue weighted by Gasteiger charge is 2.55. The van der Waals surface area contributed by atoms with Gasteiger partial charge in [-0.1, -0.05) is 18.8 Å². The van der Waals surface area contributed by atoms with Crippen LogP contribution < -0.4 is 32.5 Å². The van der Waals surface area contributed by atoms with E-state index in [4.69, 9.17) is 31.5 Å². The number of amides is 1. The van der Waals surface area contributed by atoms with Crippen molar-refractivity contribution in [3.05, 3.63) is 20.4 Å². The van der Waals surface area contributed by atoms with Crippen LogP contribution in [0.2, 0.25) is 0 Å². The van der Waals surface area contributed by atoms with Gasteiger partial charge in [-0.25, -0.2) is 4.79 Å². The third kappa shape index (κ3) is 9.18. The topological polar surface area (TPSA) is 259 Å². The molecule has 236 valence electrons. The van der Waals surface area contributed by atoms with E-state index in [1.54, 1.807) is 0 Å². The number of nitrogens with one attached hydrogen (secondary N) is 3. The summed E-state index contributed by atoms with van der Waals surface area (Å²) in [5.41, 5.74) is 4.59. The number of aliphatic hydroxyl groups excluding tert-OH is 4. The number of aliphatic carboxylic acids is 1. The van der Waals surface area contributed by atoms with E-state index in [-0.39, 0.29) is 31.2 Å². The molecule has 0 bridgehead atoms. The fourth-order valence-electron chi connectivity index (χ4n) is 4.44. The van der Waals surface area contributed by atoms with E-state index in [1.165, 1.54) is 0 Å². The Morgan fingerprint density at radius 1 is 1.10 bits per heavy atom.